The highest BCUT2D eigenvalue weighted by Gasteiger charge is 2.56. The minimum atomic E-state index is -1.68. The van der Waals surface area contributed by atoms with Gasteiger partial charge in [0.25, 0.3) is 0 Å². The predicted molar refractivity (Wildman–Crippen MR) is 97.1 cm³/mol. The van der Waals surface area contributed by atoms with E-state index in [0.29, 0.717) is 17.5 Å². The van der Waals surface area contributed by atoms with Crippen molar-refractivity contribution in [3.8, 4) is 0 Å². The molecule has 1 unspecified atom stereocenters. The second-order valence-corrected chi connectivity index (χ2v) is 6.60. The molecule has 0 saturated carbocycles. The van der Waals surface area contributed by atoms with E-state index in [4.69, 9.17) is 14.2 Å². The molecule has 2 aromatic rings. The van der Waals surface area contributed by atoms with Gasteiger partial charge in [0.05, 0.1) is 11.1 Å². The summed E-state index contributed by atoms with van der Waals surface area (Å²) >= 11 is 0. The van der Waals surface area contributed by atoms with Crippen LogP contribution in [0.15, 0.2) is 60.7 Å². The van der Waals surface area contributed by atoms with Crippen molar-refractivity contribution in [3.05, 3.63) is 71.8 Å². The van der Waals surface area contributed by atoms with E-state index in [1.165, 1.54) is 6.92 Å². The molecule has 2 aromatic carbocycles. The minimum Gasteiger partial charge on any atom is -0.453 e. The molecule has 1 N–H and O–H groups in total. The molecule has 1 aliphatic rings. The lowest BCUT2D eigenvalue weighted by Gasteiger charge is -2.28. The molecule has 0 radical (unpaired) electrons. The van der Waals surface area contributed by atoms with Crippen LogP contribution in [0, 0.1) is 0 Å². The lowest BCUT2D eigenvalue weighted by molar-refractivity contribution is -0.171. The summed E-state index contributed by atoms with van der Waals surface area (Å²) in [7, 11) is 0. The van der Waals surface area contributed by atoms with Crippen LogP contribution in [0.3, 0.4) is 0 Å². The molecule has 1 fully saturated rings. The summed E-state index contributed by atoms with van der Waals surface area (Å²) in [6, 6.07) is 16.9. The molecule has 142 valence electrons. The van der Waals surface area contributed by atoms with E-state index < -0.39 is 36.0 Å². The van der Waals surface area contributed by atoms with Crippen molar-refractivity contribution in [3.63, 3.8) is 0 Å². The third-order valence-corrected chi connectivity index (χ3v) is 4.56. The quantitative estimate of drug-likeness (QED) is 0.815. The van der Waals surface area contributed by atoms with Crippen LogP contribution < -0.4 is 0 Å². The normalized spacial score (nSPS) is 27.1. The third-order valence-electron chi connectivity index (χ3n) is 4.56. The van der Waals surface area contributed by atoms with Crippen LogP contribution in [-0.4, -0.2) is 41.1 Å². The average molecular weight is 370 g/mol. The van der Waals surface area contributed by atoms with Crippen LogP contribution in [0.5, 0.6) is 0 Å². The number of rotatable bonds is 5. The predicted octanol–water partition coefficient (Wildman–Crippen LogP) is 2.95. The van der Waals surface area contributed by atoms with Gasteiger partial charge in [0.1, 0.15) is 6.10 Å². The Kier molecular flexibility index (Phi) is 5.58. The van der Waals surface area contributed by atoms with Crippen molar-refractivity contribution in [2.75, 3.05) is 0 Å². The summed E-state index contributed by atoms with van der Waals surface area (Å²) in [4.78, 5) is 24.7. The van der Waals surface area contributed by atoms with Gasteiger partial charge < -0.3 is 19.3 Å². The first-order valence-electron chi connectivity index (χ1n) is 8.83. The van der Waals surface area contributed by atoms with Crippen LogP contribution in [0.4, 0.5) is 0 Å². The number of carbonyl (C=O) groups excluding carboxylic acids is 2. The molecule has 1 heterocycles. The van der Waals surface area contributed by atoms with E-state index in [2.05, 4.69) is 0 Å². The summed E-state index contributed by atoms with van der Waals surface area (Å²) in [6.07, 6.45) is -2.34. The smallest absolute Gasteiger partial charge is 0.340 e. The molecular weight excluding hydrogens is 348 g/mol. The van der Waals surface area contributed by atoms with Gasteiger partial charge in [0.2, 0.25) is 6.29 Å². The Labute approximate surface area is 157 Å². The van der Waals surface area contributed by atoms with Crippen LogP contribution >= 0.6 is 0 Å². The Balaban J connectivity index is 1.75. The highest BCUT2D eigenvalue weighted by molar-refractivity contribution is 5.90. The summed E-state index contributed by atoms with van der Waals surface area (Å²) in [5, 5.41) is 10.9. The fourth-order valence-electron chi connectivity index (χ4n) is 3.03. The molecule has 0 aliphatic carbocycles. The van der Waals surface area contributed by atoms with E-state index in [9.17, 15) is 14.7 Å². The first kappa shape index (κ1) is 19.1. The van der Waals surface area contributed by atoms with E-state index in [-0.39, 0.29) is 0 Å². The second-order valence-electron chi connectivity index (χ2n) is 6.60. The Bertz CT molecular complexity index is 787. The van der Waals surface area contributed by atoms with Gasteiger partial charge >= 0.3 is 11.9 Å². The molecule has 6 heteroatoms. The monoisotopic (exact) mass is 370 g/mol. The van der Waals surface area contributed by atoms with E-state index in [1.54, 1.807) is 60.7 Å². The largest absolute Gasteiger partial charge is 0.453 e. The Morgan fingerprint density at radius 3 is 1.93 bits per heavy atom. The summed E-state index contributed by atoms with van der Waals surface area (Å²) in [5.74, 6) is -1.19. The number of aliphatic hydroxyl groups is 1. The molecule has 27 heavy (non-hydrogen) atoms. The van der Waals surface area contributed by atoms with Crippen molar-refractivity contribution in [2.45, 2.75) is 44.4 Å². The standard InChI is InChI=1S/C21H22O6/c1-3-16-17(26-18(22)14-10-6-4-7-11-14)21(2,24)20(25-16)27-19(23)15-12-8-5-9-13-15/h4-13,16-17,20,24H,3H2,1-2H3/t16-,17?,20+,21-/m1/s1. The molecule has 0 aromatic heterocycles. The van der Waals surface area contributed by atoms with Crippen molar-refractivity contribution >= 4 is 11.9 Å². The van der Waals surface area contributed by atoms with Gasteiger partial charge in [-0.3, -0.25) is 0 Å². The van der Waals surface area contributed by atoms with Crippen LogP contribution in [0.25, 0.3) is 0 Å². The molecule has 0 bridgehead atoms. The van der Waals surface area contributed by atoms with Gasteiger partial charge in [-0.25, -0.2) is 9.59 Å². The molecule has 0 spiro atoms. The molecule has 6 nitrogen and oxygen atoms in total. The Morgan fingerprint density at radius 2 is 1.44 bits per heavy atom. The third kappa shape index (κ3) is 4.02. The molecule has 4 atom stereocenters. The maximum Gasteiger partial charge on any atom is 0.340 e. The topological polar surface area (TPSA) is 82.1 Å². The number of carbonyl (C=O) groups is 2. The molecule has 1 saturated heterocycles. The summed E-state index contributed by atoms with van der Waals surface area (Å²) < 4.78 is 16.6. The van der Waals surface area contributed by atoms with E-state index >= 15 is 0 Å². The van der Waals surface area contributed by atoms with Gasteiger partial charge in [-0.1, -0.05) is 43.3 Å². The zero-order valence-electron chi connectivity index (χ0n) is 15.2. The van der Waals surface area contributed by atoms with Gasteiger partial charge in [0.15, 0.2) is 11.7 Å². The van der Waals surface area contributed by atoms with Crippen LogP contribution in [-0.2, 0) is 14.2 Å². The summed E-state index contributed by atoms with van der Waals surface area (Å²) in [5.41, 5.74) is -0.974. The van der Waals surface area contributed by atoms with E-state index in [0.717, 1.165) is 0 Å². The number of ether oxygens (including phenoxy) is 3. The maximum atomic E-state index is 12.4. The lowest BCUT2D eigenvalue weighted by atomic mass is 9.96. The van der Waals surface area contributed by atoms with Gasteiger partial charge in [-0.2, -0.15) is 0 Å². The minimum absolute atomic E-state index is 0.342. The molecule has 3 rings (SSSR count). The second kappa shape index (κ2) is 7.90. The molecule has 0 amide bonds. The number of esters is 2. The lowest BCUT2D eigenvalue weighted by Crippen LogP contribution is -2.49. The highest BCUT2D eigenvalue weighted by atomic mass is 16.7. The van der Waals surface area contributed by atoms with Crippen molar-refractivity contribution in [1.82, 2.24) is 0 Å². The van der Waals surface area contributed by atoms with Gasteiger partial charge in [0, 0.05) is 0 Å². The highest BCUT2D eigenvalue weighted by Crippen LogP contribution is 2.36. The van der Waals surface area contributed by atoms with Crippen molar-refractivity contribution in [2.24, 2.45) is 0 Å². The van der Waals surface area contributed by atoms with Gasteiger partial charge in [-0.05, 0) is 37.6 Å². The first-order chi connectivity index (χ1) is 12.9. The number of benzene rings is 2. The van der Waals surface area contributed by atoms with Crippen LogP contribution in [0.2, 0.25) is 0 Å². The maximum absolute atomic E-state index is 12.4. The summed E-state index contributed by atoms with van der Waals surface area (Å²) in [6.45, 7) is 3.28. The zero-order chi connectivity index (χ0) is 19.4. The Morgan fingerprint density at radius 1 is 0.963 bits per heavy atom. The SMILES string of the molecule is CC[C@H]1O[C@@H](OC(=O)c2ccccc2)[C@](C)(O)C1OC(=O)c1ccccc1. The molecular formula is C21H22O6. The average Bonchev–Trinajstić information content (AvgIpc) is 2.93. The molecule has 1 aliphatic heterocycles. The number of hydrogen-bond acceptors (Lipinski definition) is 6. The van der Waals surface area contributed by atoms with Gasteiger partial charge in [-0.15, -0.1) is 0 Å². The Hall–Kier alpha value is -2.70. The van der Waals surface area contributed by atoms with Crippen molar-refractivity contribution in [1.29, 1.82) is 0 Å². The fourth-order valence-corrected chi connectivity index (χ4v) is 3.03. The van der Waals surface area contributed by atoms with Crippen molar-refractivity contribution < 1.29 is 28.9 Å². The fraction of sp³-hybridized carbons (Fsp3) is 0.333. The zero-order valence-corrected chi connectivity index (χ0v) is 15.2. The number of hydrogen-bond donors (Lipinski definition) is 1. The van der Waals surface area contributed by atoms with Crippen LogP contribution in [0.1, 0.15) is 41.0 Å². The van der Waals surface area contributed by atoms with E-state index in [1.807, 2.05) is 6.92 Å². The first-order valence-corrected chi connectivity index (χ1v) is 8.83.